The second-order valence-electron chi connectivity index (χ2n) is 6.92. The number of carbonyl (C=O) groups excluding carboxylic acids is 1. The zero-order valence-corrected chi connectivity index (χ0v) is 16.0. The summed E-state index contributed by atoms with van der Waals surface area (Å²) in [6.45, 7) is 4.89. The third-order valence-electron chi connectivity index (χ3n) is 4.76. The molecular formula is C19H23N7O2. The lowest BCUT2D eigenvalue weighted by atomic mass is 9.96. The van der Waals surface area contributed by atoms with E-state index in [9.17, 15) is 4.79 Å². The van der Waals surface area contributed by atoms with Gasteiger partial charge in [-0.15, -0.1) is 0 Å². The van der Waals surface area contributed by atoms with Gasteiger partial charge in [-0.3, -0.25) is 4.79 Å². The van der Waals surface area contributed by atoms with Gasteiger partial charge >= 0.3 is 0 Å². The molecule has 1 aliphatic carbocycles. The van der Waals surface area contributed by atoms with Gasteiger partial charge in [0, 0.05) is 36.8 Å². The highest BCUT2D eigenvalue weighted by Crippen LogP contribution is 2.24. The van der Waals surface area contributed by atoms with Crippen molar-refractivity contribution >= 4 is 11.7 Å². The summed E-state index contributed by atoms with van der Waals surface area (Å²) >= 11 is 0. The van der Waals surface area contributed by atoms with E-state index in [0.29, 0.717) is 30.4 Å². The molecule has 0 radical (unpaired) electrons. The molecule has 3 heterocycles. The van der Waals surface area contributed by atoms with Crippen LogP contribution in [-0.4, -0.2) is 43.9 Å². The monoisotopic (exact) mass is 381 g/mol. The Morgan fingerprint density at radius 3 is 2.86 bits per heavy atom. The number of aryl methyl sites for hydroxylation is 3. The molecule has 28 heavy (non-hydrogen) atoms. The molecule has 0 aromatic carbocycles. The van der Waals surface area contributed by atoms with Gasteiger partial charge in [-0.05, 0) is 39.2 Å². The smallest absolute Gasteiger partial charge is 0.273 e. The molecule has 0 saturated heterocycles. The number of rotatable bonds is 6. The van der Waals surface area contributed by atoms with Gasteiger partial charge in [0.05, 0.1) is 5.69 Å². The van der Waals surface area contributed by atoms with Crippen molar-refractivity contribution in [1.82, 2.24) is 30.2 Å². The van der Waals surface area contributed by atoms with Gasteiger partial charge in [0.2, 0.25) is 0 Å². The van der Waals surface area contributed by atoms with E-state index in [1.165, 1.54) is 6.33 Å². The standard InChI is InChI=1S/C19H23N7O2/c1-12-9-13(2)26(24-12)17-10-16(22-11-23-17)20-7-8-21-19(27)18-14-5-3-4-6-15(14)28-25-18/h9-11H,3-8H2,1-2H3,(H,21,27)(H,20,22,23). The number of hydrogen-bond donors (Lipinski definition) is 2. The summed E-state index contributed by atoms with van der Waals surface area (Å²) in [6, 6.07) is 3.82. The van der Waals surface area contributed by atoms with Crippen LogP contribution in [0.25, 0.3) is 5.82 Å². The van der Waals surface area contributed by atoms with E-state index >= 15 is 0 Å². The lowest BCUT2D eigenvalue weighted by Gasteiger charge is -2.10. The minimum Gasteiger partial charge on any atom is -0.368 e. The number of aromatic nitrogens is 5. The van der Waals surface area contributed by atoms with Crippen LogP contribution >= 0.6 is 0 Å². The molecule has 0 aliphatic heterocycles. The number of amides is 1. The Kier molecular flexibility index (Phi) is 5.05. The Hall–Kier alpha value is -3.23. The molecule has 2 N–H and O–H groups in total. The van der Waals surface area contributed by atoms with Gasteiger partial charge in [-0.25, -0.2) is 14.6 Å². The molecule has 0 atom stereocenters. The molecule has 3 aromatic rings. The van der Waals surface area contributed by atoms with E-state index in [1.54, 1.807) is 4.68 Å². The molecule has 9 heteroatoms. The molecule has 0 fully saturated rings. The van der Waals surface area contributed by atoms with Crippen LogP contribution in [0.15, 0.2) is 23.0 Å². The maximum Gasteiger partial charge on any atom is 0.273 e. The van der Waals surface area contributed by atoms with Crippen molar-refractivity contribution in [1.29, 1.82) is 0 Å². The van der Waals surface area contributed by atoms with Crippen LogP contribution in [0, 0.1) is 13.8 Å². The van der Waals surface area contributed by atoms with Crippen LogP contribution in [0.5, 0.6) is 0 Å². The zero-order valence-electron chi connectivity index (χ0n) is 16.0. The van der Waals surface area contributed by atoms with E-state index in [4.69, 9.17) is 4.52 Å². The summed E-state index contributed by atoms with van der Waals surface area (Å²) in [5, 5.41) is 14.5. The van der Waals surface area contributed by atoms with Crippen LogP contribution in [0.2, 0.25) is 0 Å². The van der Waals surface area contributed by atoms with Crippen molar-refractivity contribution < 1.29 is 9.32 Å². The van der Waals surface area contributed by atoms with Crippen molar-refractivity contribution in [2.75, 3.05) is 18.4 Å². The second-order valence-corrected chi connectivity index (χ2v) is 6.92. The molecule has 1 amide bonds. The van der Waals surface area contributed by atoms with Gasteiger partial charge in [0.25, 0.3) is 5.91 Å². The highest BCUT2D eigenvalue weighted by atomic mass is 16.5. The van der Waals surface area contributed by atoms with E-state index < -0.39 is 0 Å². The lowest BCUT2D eigenvalue weighted by Crippen LogP contribution is -2.30. The summed E-state index contributed by atoms with van der Waals surface area (Å²) < 4.78 is 7.07. The average molecular weight is 381 g/mol. The minimum atomic E-state index is -0.195. The van der Waals surface area contributed by atoms with E-state index in [1.807, 2.05) is 26.0 Å². The molecule has 0 unspecified atom stereocenters. The van der Waals surface area contributed by atoms with E-state index in [0.717, 1.165) is 48.4 Å². The first kappa shape index (κ1) is 18.1. The Balaban J connectivity index is 1.32. The zero-order chi connectivity index (χ0) is 19.5. The number of carbonyl (C=O) groups is 1. The number of nitrogens with one attached hydrogen (secondary N) is 2. The van der Waals surface area contributed by atoms with Gasteiger partial charge < -0.3 is 15.2 Å². The maximum atomic E-state index is 12.4. The van der Waals surface area contributed by atoms with Gasteiger partial charge in [-0.2, -0.15) is 5.10 Å². The predicted molar refractivity (Wildman–Crippen MR) is 103 cm³/mol. The fourth-order valence-corrected chi connectivity index (χ4v) is 3.43. The van der Waals surface area contributed by atoms with E-state index in [2.05, 4.69) is 30.9 Å². The molecule has 1 aliphatic rings. The molecule has 0 spiro atoms. The fraction of sp³-hybridized carbons (Fsp3) is 0.421. The first-order chi connectivity index (χ1) is 13.6. The Morgan fingerprint density at radius 1 is 1.18 bits per heavy atom. The minimum absolute atomic E-state index is 0.195. The molecule has 0 saturated carbocycles. The molecule has 9 nitrogen and oxygen atoms in total. The van der Waals surface area contributed by atoms with Crippen LogP contribution in [0.1, 0.15) is 46.0 Å². The summed E-state index contributed by atoms with van der Waals surface area (Å²) in [6.07, 6.45) is 5.37. The largest absolute Gasteiger partial charge is 0.368 e. The van der Waals surface area contributed by atoms with Crippen LogP contribution in [-0.2, 0) is 12.8 Å². The van der Waals surface area contributed by atoms with Gasteiger partial charge in [0.1, 0.15) is 17.9 Å². The Bertz CT molecular complexity index is 992. The highest BCUT2D eigenvalue weighted by molar-refractivity contribution is 5.93. The number of hydrogen-bond acceptors (Lipinski definition) is 7. The summed E-state index contributed by atoms with van der Waals surface area (Å²) in [4.78, 5) is 20.9. The van der Waals surface area contributed by atoms with Crippen molar-refractivity contribution in [3.05, 3.63) is 46.9 Å². The topological polar surface area (TPSA) is 111 Å². The van der Waals surface area contributed by atoms with Crippen LogP contribution in [0.3, 0.4) is 0 Å². The first-order valence-electron chi connectivity index (χ1n) is 9.47. The Labute approximate surface area is 162 Å². The van der Waals surface area contributed by atoms with Gasteiger partial charge in [-0.1, -0.05) is 5.16 Å². The number of nitrogens with zero attached hydrogens (tertiary/aromatic N) is 5. The summed E-state index contributed by atoms with van der Waals surface area (Å²) in [7, 11) is 0. The van der Waals surface area contributed by atoms with Crippen molar-refractivity contribution in [2.45, 2.75) is 39.5 Å². The second kappa shape index (κ2) is 7.79. The Morgan fingerprint density at radius 2 is 2.04 bits per heavy atom. The van der Waals surface area contributed by atoms with Crippen LogP contribution < -0.4 is 10.6 Å². The molecule has 4 rings (SSSR count). The third-order valence-corrected chi connectivity index (χ3v) is 4.76. The number of anilines is 1. The fourth-order valence-electron chi connectivity index (χ4n) is 3.43. The lowest BCUT2D eigenvalue weighted by molar-refractivity contribution is 0.0945. The number of fused-ring (bicyclic) bond motifs is 1. The first-order valence-corrected chi connectivity index (χ1v) is 9.47. The molecule has 0 bridgehead atoms. The highest BCUT2D eigenvalue weighted by Gasteiger charge is 2.23. The van der Waals surface area contributed by atoms with Crippen molar-refractivity contribution in [3.8, 4) is 5.82 Å². The van der Waals surface area contributed by atoms with Gasteiger partial charge in [0.15, 0.2) is 11.5 Å². The summed E-state index contributed by atoms with van der Waals surface area (Å²) in [5.74, 6) is 2.03. The average Bonchev–Trinajstić information content (AvgIpc) is 3.28. The van der Waals surface area contributed by atoms with E-state index in [-0.39, 0.29) is 5.91 Å². The van der Waals surface area contributed by atoms with Crippen molar-refractivity contribution in [2.24, 2.45) is 0 Å². The summed E-state index contributed by atoms with van der Waals surface area (Å²) in [5.41, 5.74) is 3.32. The normalized spacial score (nSPS) is 13.2. The quantitative estimate of drug-likeness (QED) is 0.628. The SMILES string of the molecule is Cc1cc(C)n(-c2cc(NCCNC(=O)c3noc4c3CCCC4)ncn2)n1. The molecule has 146 valence electrons. The molecular weight excluding hydrogens is 358 g/mol. The molecule has 3 aromatic heterocycles. The predicted octanol–water partition coefficient (Wildman–Crippen LogP) is 1.99. The van der Waals surface area contributed by atoms with Crippen molar-refractivity contribution in [3.63, 3.8) is 0 Å². The third kappa shape index (κ3) is 3.73. The van der Waals surface area contributed by atoms with Crippen LogP contribution in [0.4, 0.5) is 5.82 Å². The maximum absolute atomic E-state index is 12.4.